The van der Waals surface area contributed by atoms with Crippen LogP contribution in [0.4, 0.5) is 34.1 Å². The molecule has 0 amide bonds. The largest absolute Gasteiger partial charge is 0.310 e. The van der Waals surface area contributed by atoms with Gasteiger partial charge in [0.15, 0.2) is 0 Å². The van der Waals surface area contributed by atoms with Crippen molar-refractivity contribution in [3.63, 3.8) is 0 Å². The summed E-state index contributed by atoms with van der Waals surface area (Å²) in [6.07, 6.45) is 16.6. The van der Waals surface area contributed by atoms with Gasteiger partial charge in [-0.1, -0.05) is 346 Å². The van der Waals surface area contributed by atoms with Crippen molar-refractivity contribution >= 4 is 62.8 Å². The third kappa shape index (κ3) is 11.9. The van der Waals surface area contributed by atoms with Crippen molar-refractivity contribution in [2.24, 2.45) is 28.6 Å². The van der Waals surface area contributed by atoms with Gasteiger partial charge in [-0.3, -0.25) is 0 Å². The maximum absolute atomic E-state index is 2.79. The molecule has 0 saturated heterocycles. The number of fused-ring (bicyclic) bond motifs is 4. The number of benzene rings is 11. The summed E-state index contributed by atoms with van der Waals surface area (Å²) in [6.45, 7) is 35.4. The first-order valence-electron chi connectivity index (χ1n) is 38.3. The summed E-state index contributed by atoms with van der Waals surface area (Å²) in [6, 6.07) is 96.2. The lowest BCUT2D eigenvalue weighted by atomic mass is 9.33. The van der Waals surface area contributed by atoms with Gasteiger partial charge in [0, 0.05) is 56.8 Å². The van der Waals surface area contributed by atoms with Crippen LogP contribution in [0.2, 0.25) is 0 Å². The molecule has 0 bridgehead atoms. The molecular formula is C102H97BN2. The van der Waals surface area contributed by atoms with Crippen molar-refractivity contribution in [3.8, 4) is 66.8 Å². The Bertz CT molecular complexity index is 5370. The zero-order valence-electron chi connectivity index (χ0n) is 64.0. The molecule has 17 rings (SSSR count). The number of anilines is 6. The smallest absolute Gasteiger partial charge is 0.252 e. The van der Waals surface area contributed by atoms with Crippen LogP contribution in [0, 0.1) is 28.6 Å². The van der Waals surface area contributed by atoms with Gasteiger partial charge < -0.3 is 9.80 Å². The minimum absolute atomic E-state index is 0.0121. The molecule has 6 aliphatic rings. The second-order valence-corrected chi connectivity index (χ2v) is 35.7. The summed E-state index contributed by atoms with van der Waals surface area (Å²) in [5, 5.41) is 0. The molecular weight excluding hydrogens is 1260 g/mol. The van der Waals surface area contributed by atoms with Crippen LogP contribution in [0.5, 0.6) is 0 Å². The maximum Gasteiger partial charge on any atom is 0.252 e. The van der Waals surface area contributed by atoms with Gasteiger partial charge in [-0.2, -0.15) is 0 Å². The monoisotopic (exact) mass is 1360 g/mol. The van der Waals surface area contributed by atoms with E-state index in [4.69, 9.17) is 0 Å². The predicted octanol–water partition coefficient (Wildman–Crippen LogP) is 26.1. The molecule has 0 radical (unpaired) electrons. The number of hydrogen-bond acceptors (Lipinski definition) is 2. The van der Waals surface area contributed by atoms with Crippen LogP contribution in [0.3, 0.4) is 0 Å². The fraction of sp³-hybridized carbons (Fsp3) is 0.235. The molecule has 0 saturated carbocycles. The molecule has 518 valence electrons. The van der Waals surface area contributed by atoms with E-state index < -0.39 is 0 Å². The van der Waals surface area contributed by atoms with Crippen molar-refractivity contribution in [2.45, 2.75) is 127 Å². The van der Waals surface area contributed by atoms with Gasteiger partial charge >= 0.3 is 0 Å². The topological polar surface area (TPSA) is 6.48 Å². The highest BCUT2D eigenvalue weighted by Crippen LogP contribution is 2.60. The molecule has 11 aromatic rings. The van der Waals surface area contributed by atoms with Gasteiger partial charge in [0.25, 0.3) is 6.71 Å². The standard InChI is InChI=1S/C102H97BN2/c1-98(2,3)76-47-43-65(44-48-76)74-57-91-95-92(58-74)105(97-84(68-37-27-19-28-38-68)61-80(102(13,14)15)62-85(97)69-39-29-20-30-40-69)90-56-71(81-54-75-53-77(99(4,5)6)51-72-41-42-73-52-78(100(7,8)9)63-86(81)94(73)93(72)75)45-49-87(90)103(95)88-55-70(64-31-21-16-22-32-64)46-50-89(88)104(91)96-82(66-33-23-17-24-34-66)59-79(101(10,11)12)60-83(96)67-35-25-18-26-36-67/h16-51,53-63,73,93-94H,52H2,1-15H3. The normalized spacial score (nSPS) is 17.4. The SMILES string of the molecule is CC(C)(C)C1=CC2=CC(c3ccc4c(c3)N(c3c(-c5ccccc5)cc(C(C)(C)C)cc3-c3ccccc3)c3cc(-c5ccc(C(C)(C)C)cc5)cc5c3B4c3cc(-c4ccccc4)ccc3N5c3c(-c4ccccc4)cc(C(C)(C)C)cc3-c3ccccc3)=C3C=C(C(C)(C)C)CC4C=CC(=C1)C2C34. The Morgan fingerprint density at radius 3 is 1.23 bits per heavy atom. The first-order chi connectivity index (χ1) is 50.2. The Morgan fingerprint density at radius 2 is 0.762 bits per heavy atom. The summed E-state index contributed by atoms with van der Waals surface area (Å²) in [5.41, 5.74) is 38.1. The highest BCUT2D eigenvalue weighted by molar-refractivity contribution is 7.00. The molecule has 105 heavy (non-hydrogen) atoms. The molecule has 0 spiro atoms. The van der Waals surface area contributed by atoms with E-state index in [2.05, 4.69) is 399 Å². The Morgan fingerprint density at radius 1 is 0.324 bits per heavy atom. The molecule has 3 atom stereocenters. The van der Waals surface area contributed by atoms with E-state index in [1.807, 2.05) is 0 Å². The molecule has 3 unspecified atom stereocenters. The second kappa shape index (κ2) is 25.1. The molecule has 4 aliphatic carbocycles. The fourth-order valence-electron chi connectivity index (χ4n) is 17.7. The lowest BCUT2D eigenvalue weighted by molar-refractivity contribution is 0.329. The van der Waals surface area contributed by atoms with E-state index in [0.29, 0.717) is 11.8 Å². The van der Waals surface area contributed by atoms with Crippen LogP contribution in [0.25, 0.3) is 72.3 Å². The summed E-state index contributed by atoms with van der Waals surface area (Å²) in [7, 11) is 0. The van der Waals surface area contributed by atoms with E-state index in [1.165, 1.54) is 145 Å². The summed E-state index contributed by atoms with van der Waals surface area (Å²) >= 11 is 0. The Balaban J connectivity index is 1.06. The summed E-state index contributed by atoms with van der Waals surface area (Å²) in [4.78, 5) is 5.51. The number of allylic oxidation sites excluding steroid dienone is 12. The van der Waals surface area contributed by atoms with Gasteiger partial charge in [-0.05, 0) is 199 Å². The van der Waals surface area contributed by atoms with Crippen molar-refractivity contribution < 1.29 is 0 Å². The van der Waals surface area contributed by atoms with Crippen LogP contribution in [-0.2, 0) is 16.2 Å². The number of rotatable bonds is 9. The molecule has 11 aromatic carbocycles. The molecule has 2 heterocycles. The zero-order chi connectivity index (χ0) is 72.8. The molecule has 0 fully saturated rings. The lowest BCUT2D eigenvalue weighted by Crippen LogP contribution is -2.61. The maximum atomic E-state index is 2.79. The van der Waals surface area contributed by atoms with Crippen LogP contribution < -0.4 is 26.2 Å². The van der Waals surface area contributed by atoms with Gasteiger partial charge in [-0.25, -0.2) is 0 Å². The molecule has 3 heteroatoms. The first kappa shape index (κ1) is 67.7. The lowest BCUT2D eigenvalue weighted by Gasteiger charge is -2.48. The van der Waals surface area contributed by atoms with Gasteiger partial charge in [0.1, 0.15) is 0 Å². The van der Waals surface area contributed by atoms with Crippen LogP contribution >= 0.6 is 0 Å². The van der Waals surface area contributed by atoms with Gasteiger partial charge in [0.2, 0.25) is 0 Å². The zero-order valence-corrected chi connectivity index (χ0v) is 64.0. The van der Waals surface area contributed by atoms with E-state index >= 15 is 0 Å². The van der Waals surface area contributed by atoms with Gasteiger partial charge in [0.05, 0.1) is 11.4 Å². The molecule has 2 nitrogen and oxygen atoms in total. The average Bonchev–Trinajstić information content (AvgIpc) is 0.687. The third-order valence-electron chi connectivity index (χ3n) is 23.6. The molecule has 2 aliphatic heterocycles. The fourth-order valence-corrected chi connectivity index (χ4v) is 17.7. The minimum atomic E-state index is -0.226. The van der Waals surface area contributed by atoms with Crippen LogP contribution in [0.1, 0.15) is 133 Å². The summed E-state index contributed by atoms with van der Waals surface area (Å²) < 4.78 is 0. The van der Waals surface area contributed by atoms with E-state index in [1.54, 1.807) is 0 Å². The Labute approximate surface area is 625 Å². The van der Waals surface area contributed by atoms with E-state index in [0.717, 1.165) is 34.7 Å². The van der Waals surface area contributed by atoms with E-state index in [9.17, 15) is 0 Å². The first-order valence-corrected chi connectivity index (χ1v) is 38.3. The van der Waals surface area contributed by atoms with Crippen LogP contribution in [-0.4, -0.2) is 6.71 Å². The Hall–Kier alpha value is -10.5. The average molecular weight is 1360 g/mol. The third-order valence-corrected chi connectivity index (χ3v) is 23.6. The quantitative estimate of drug-likeness (QED) is 0.133. The van der Waals surface area contributed by atoms with Crippen molar-refractivity contribution in [1.82, 2.24) is 0 Å². The van der Waals surface area contributed by atoms with Crippen molar-refractivity contribution in [1.29, 1.82) is 0 Å². The van der Waals surface area contributed by atoms with Gasteiger partial charge in [-0.15, -0.1) is 0 Å². The number of nitrogens with zero attached hydrogens (tertiary/aromatic N) is 2. The predicted molar refractivity (Wildman–Crippen MR) is 452 cm³/mol. The van der Waals surface area contributed by atoms with Crippen molar-refractivity contribution in [3.05, 3.63) is 335 Å². The van der Waals surface area contributed by atoms with Crippen LogP contribution in [0.15, 0.2) is 313 Å². The Kier molecular flexibility index (Phi) is 16.2. The second-order valence-electron chi connectivity index (χ2n) is 35.7. The highest BCUT2D eigenvalue weighted by atomic mass is 15.2. The van der Waals surface area contributed by atoms with E-state index in [-0.39, 0.29) is 39.7 Å². The number of hydrogen-bond donors (Lipinski definition) is 0. The molecule has 0 N–H and O–H groups in total. The summed E-state index contributed by atoms with van der Waals surface area (Å²) in [5.74, 6) is 0.961. The van der Waals surface area contributed by atoms with Crippen molar-refractivity contribution in [2.75, 3.05) is 9.80 Å². The molecule has 0 aromatic heterocycles. The minimum Gasteiger partial charge on any atom is -0.310 e. The highest BCUT2D eigenvalue weighted by Gasteiger charge is 2.49.